The Morgan fingerprint density at radius 1 is 1.20 bits per heavy atom. The van der Waals surface area contributed by atoms with Crippen LogP contribution in [0.15, 0.2) is 41.3 Å². The molecule has 164 valence electrons. The number of hydrogen-bond acceptors (Lipinski definition) is 4. The number of aromatic hydroxyl groups is 1. The van der Waals surface area contributed by atoms with Gasteiger partial charge in [0.25, 0.3) is 11.5 Å². The molecule has 1 atom stereocenters. The second-order valence-electron chi connectivity index (χ2n) is 7.43. The van der Waals surface area contributed by atoms with Crippen LogP contribution < -0.4 is 15.6 Å². The number of amides is 1. The fourth-order valence-electron chi connectivity index (χ4n) is 2.83. The number of aromatic nitrogens is 1. The van der Waals surface area contributed by atoms with Gasteiger partial charge in [-0.3, -0.25) is 9.59 Å². The van der Waals surface area contributed by atoms with E-state index in [2.05, 4.69) is 5.32 Å². The van der Waals surface area contributed by atoms with Crippen molar-refractivity contribution in [3.05, 3.63) is 58.0 Å². The number of carbonyl (C=O) groups is 1. The monoisotopic (exact) mass is 426 g/mol. The Morgan fingerprint density at radius 2 is 1.87 bits per heavy atom. The van der Waals surface area contributed by atoms with Crippen molar-refractivity contribution in [1.82, 2.24) is 9.88 Å². The predicted molar refractivity (Wildman–Crippen MR) is 106 cm³/mol. The summed E-state index contributed by atoms with van der Waals surface area (Å²) in [5, 5.41) is 12.7. The van der Waals surface area contributed by atoms with Crippen LogP contribution in [-0.4, -0.2) is 28.2 Å². The Morgan fingerprint density at radius 3 is 2.50 bits per heavy atom. The summed E-state index contributed by atoms with van der Waals surface area (Å²) in [6, 6.07) is 5.78. The van der Waals surface area contributed by atoms with E-state index in [0.29, 0.717) is 6.54 Å². The van der Waals surface area contributed by atoms with E-state index in [9.17, 15) is 27.9 Å². The first-order chi connectivity index (χ1) is 14.0. The minimum Gasteiger partial charge on any atom is -0.502 e. The standard InChI is InChI=1S/C21H25F3N2O4/c1-13(2)12-26-10-8-15(18(27)20(26)29)19(28)25-14(3)9-11-30-17-7-5-4-6-16(17)21(22,23)24/h4-8,10,13-14,27H,9,11-12H2,1-3H3,(H,25,28). The van der Waals surface area contributed by atoms with Gasteiger partial charge in [-0.15, -0.1) is 0 Å². The van der Waals surface area contributed by atoms with Gasteiger partial charge >= 0.3 is 6.18 Å². The van der Waals surface area contributed by atoms with Crippen molar-refractivity contribution in [2.75, 3.05) is 6.61 Å². The molecule has 0 radical (unpaired) electrons. The first-order valence-electron chi connectivity index (χ1n) is 9.53. The topological polar surface area (TPSA) is 80.6 Å². The van der Waals surface area contributed by atoms with E-state index in [1.807, 2.05) is 13.8 Å². The molecule has 0 aliphatic heterocycles. The van der Waals surface area contributed by atoms with Crippen LogP contribution in [0.5, 0.6) is 11.5 Å². The number of nitrogens with one attached hydrogen (secondary N) is 1. The molecule has 0 aliphatic carbocycles. The van der Waals surface area contributed by atoms with Gasteiger partial charge in [0.05, 0.1) is 17.7 Å². The third-order valence-electron chi connectivity index (χ3n) is 4.32. The van der Waals surface area contributed by atoms with Crippen molar-refractivity contribution in [2.45, 2.75) is 46.0 Å². The summed E-state index contributed by atoms with van der Waals surface area (Å²) in [4.78, 5) is 24.5. The molecule has 2 rings (SSSR count). The molecule has 2 aromatic rings. The van der Waals surface area contributed by atoms with Gasteiger partial charge in [0, 0.05) is 25.2 Å². The highest BCUT2D eigenvalue weighted by atomic mass is 19.4. The average Bonchev–Trinajstić information content (AvgIpc) is 2.64. The summed E-state index contributed by atoms with van der Waals surface area (Å²) in [6.45, 7) is 5.83. The van der Waals surface area contributed by atoms with Crippen LogP contribution >= 0.6 is 0 Å². The first-order valence-corrected chi connectivity index (χ1v) is 9.53. The summed E-state index contributed by atoms with van der Waals surface area (Å²) < 4.78 is 45.5. The molecule has 0 fully saturated rings. The smallest absolute Gasteiger partial charge is 0.419 e. The van der Waals surface area contributed by atoms with Crippen LogP contribution in [-0.2, 0) is 12.7 Å². The van der Waals surface area contributed by atoms with Crippen LogP contribution in [0.1, 0.15) is 43.1 Å². The summed E-state index contributed by atoms with van der Waals surface area (Å²) >= 11 is 0. The summed E-state index contributed by atoms with van der Waals surface area (Å²) in [5.74, 6) is -1.39. The van der Waals surface area contributed by atoms with E-state index in [4.69, 9.17) is 4.74 Å². The maximum absolute atomic E-state index is 13.0. The van der Waals surface area contributed by atoms with Crippen molar-refractivity contribution in [3.63, 3.8) is 0 Å². The number of alkyl halides is 3. The average molecular weight is 426 g/mol. The van der Waals surface area contributed by atoms with Gasteiger partial charge in [-0.25, -0.2) is 0 Å². The number of ether oxygens (including phenoxy) is 1. The number of carbonyl (C=O) groups excluding carboxylic acids is 1. The Hall–Kier alpha value is -2.97. The quantitative estimate of drug-likeness (QED) is 0.673. The van der Waals surface area contributed by atoms with Gasteiger partial charge < -0.3 is 19.7 Å². The predicted octanol–water partition coefficient (Wildman–Crippen LogP) is 3.82. The second-order valence-corrected chi connectivity index (χ2v) is 7.43. The van der Waals surface area contributed by atoms with Crippen molar-refractivity contribution >= 4 is 5.91 Å². The summed E-state index contributed by atoms with van der Waals surface area (Å²) in [6.07, 6.45) is -2.86. The van der Waals surface area contributed by atoms with Gasteiger partial charge in [0.15, 0.2) is 5.75 Å². The lowest BCUT2D eigenvalue weighted by Gasteiger charge is -2.17. The molecule has 1 unspecified atom stereocenters. The van der Waals surface area contributed by atoms with E-state index >= 15 is 0 Å². The lowest BCUT2D eigenvalue weighted by atomic mass is 10.1. The highest BCUT2D eigenvalue weighted by Crippen LogP contribution is 2.35. The van der Waals surface area contributed by atoms with Gasteiger partial charge in [-0.05, 0) is 31.0 Å². The van der Waals surface area contributed by atoms with Crippen molar-refractivity contribution < 1.29 is 27.8 Å². The van der Waals surface area contributed by atoms with Gasteiger partial charge in [0.1, 0.15) is 5.75 Å². The van der Waals surface area contributed by atoms with Crippen molar-refractivity contribution in [1.29, 1.82) is 0 Å². The number of hydrogen-bond donors (Lipinski definition) is 2. The van der Waals surface area contributed by atoms with Gasteiger partial charge in [-0.2, -0.15) is 13.2 Å². The molecule has 9 heteroatoms. The second kappa shape index (κ2) is 9.69. The summed E-state index contributed by atoms with van der Waals surface area (Å²) in [7, 11) is 0. The fraction of sp³-hybridized carbons (Fsp3) is 0.429. The van der Waals surface area contributed by atoms with E-state index in [1.54, 1.807) is 6.92 Å². The number of rotatable bonds is 8. The SMILES string of the molecule is CC(C)Cn1ccc(C(=O)NC(C)CCOc2ccccc2C(F)(F)F)c(O)c1=O. The van der Waals surface area contributed by atoms with E-state index in [0.717, 1.165) is 6.07 Å². The molecule has 1 aromatic heterocycles. The zero-order valence-corrected chi connectivity index (χ0v) is 17.0. The maximum Gasteiger partial charge on any atom is 0.419 e. The number of benzene rings is 1. The largest absolute Gasteiger partial charge is 0.502 e. The zero-order chi connectivity index (χ0) is 22.5. The lowest BCUT2D eigenvalue weighted by Crippen LogP contribution is -2.35. The van der Waals surface area contributed by atoms with Crippen molar-refractivity contribution in [3.8, 4) is 11.5 Å². The molecular formula is C21H25F3N2O4. The molecule has 1 aromatic carbocycles. The van der Waals surface area contributed by atoms with Crippen molar-refractivity contribution in [2.24, 2.45) is 5.92 Å². The number of nitrogens with zero attached hydrogens (tertiary/aromatic N) is 1. The Labute approximate surface area is 172 Å². The molecule has 1 heterocycles. The van der Waals surface area contributed by atoms with Gasteiger partial charge in [0.2, 0.25) is 0 Å². The van der Waals surface area contributed by atoms with E-state index < -0.39 is 35.0 Å². The molecular weight excluding hydrogens is 401 g/mol. The highest BCUT2D eigenvalue weighted by molar-refractivity contribution is 5.96. The van der Waals surface area contributed by atoms with Gasteiger partial charge in [-0.1, -0.05) is 26.0 Å². The van der Waals surface area contributed by atoms with Crippen LogP contribution in [0.4, 0.5) is 13.2 Å². The van der Waals surface area contributed by atoms with Crippen LogP contribution in [0.25, 0.3) is 0 Å². The van der Waals surface area contributed by atoms with E-state index in [1.165, 1.54) is 35.0 Å². The molecule has 1 amide bonds. The molecule has 0 saturated carbocycles. The third kappa shape index (κ3) is 6.01. The minimum atomic E-state index is -4.52. The molecule has 0 spiro atoms. The number of halogens is 3. The number of pyridine rings is 1. The molecule has 0 bridgehead atoms. The molecule has 30 heavy (non-hydrogen) atoms. The van der Waals surface area contributed by atoms with Crippen LogP contribution in [0.3, 0.4) is 0 Å². The first kappa shape index (κ1) is 23.3. The Kier molecular flexibility index (Phi) is 7.53. The molecule has 0 saturated heterocycles. The number of para-hydroxylation sites is 1. The molecule has 6 nitrogen and oxygen atoms in total. The summed E-state index contributed by atoms with van der Waals surface area (Å²) in [5.41, 5.74) is -1.68. The maximum atomic E-state index is 13.0. The molecule has 2 N–H and O–H groups in total. The Bertz CT molecular complexity index is 939. The lowest BCUT2D eigenvalue weighted by molar-refractivity contribution is -0.138. The van der Waals surface area contributed by atoms with Crippen LogP contribution in [0, 0.1) is 5.92 Å². The normalized spacial score (nSPS) is 12.6. The highest BCUT2D eigenvalue weighted by Gasteiger charge is 2.34. The molecule has 0 aliphatic rings. The fourth-order valence-corrected chi connectivity index (χ4v) is 2.83. The third-order valence-corrected chi connectivity index (χ3v) is 4.32. The van der Waals surface area contributed by atoms with E-state index in [-0.39, 0.29) is 30.3 Å². The minimum absolute atomic E-state index is 0.0590. The zero-order valence-electron chi connectivity index (χ0n) is 17.0. The Balaban J connectivity index is 1.96. The van der Waals surface area contributed by atoms with Crippen LogP contribution in [0.2, 0.25) is 0 Å².